The molecule has 0 atom stereocenters. The Morgan fingerprint density at radius 3 is 2.38 bits per heavy atom. The number of carbonyl (C=O) groups excluding carboxylic acids is 1. The Morgan fingerprint density at radius 1 is 1.50 bits per heavy atom. The predicted octanol–water partition coefficient (Wildman–Crippen LogP) is 2.73. The minimum Gasteiger partial charge on any atom is -0.478 e. The van der Waals surface area contributed by atoms with E-state index in [-0.39, 0.29) is 11.5 Å². The van der Waals surface area contributed by atoms with Crippen LogP contribution in [0.25, 0.3) is 0 Å². The van der Waals surface area contributed by atoms with Crippen LogP contribution in [0.3, 0.4) is 0 Å². The summed E-state index contributed by atoms with van der Waals surface area (Å²) in [6.07, 6.45) is 1.10. The van der Waals surface area contributed by atoms with Crippen LogP contribution < -0.4 is 0 Å². The molecule has 0 spiro atoms. The molecule has 0 fully saturated rings. The van der Waals surface area contributed by atoms with Gasteiger partial charge in [0.2, 0.25) is 0 Å². The molecule has 0 aliphatic heterocycles. The van der Waals surface area contributed by atoms with Crippen molar-refractivity contribution in [1.82, 2.24) is 0 Å². The van der Waals surface area contributed by atoms with Crippen molar-refractivity contribution >= 4 is 23.5 Å². The van der Waals surface area contributed by atoms with E-state index in [0.29, 0.717) is 5.02 Å². The van der Waals surface area contributed by atoms with Gasteiger partial charge in [-0.2, -0.15) is 0 Å². The molecule has 4 nitrogen and oxygen atoms in total. The van der Waals surface area contributed by atoms with Crippen LogP contribution in [0.5, 0.6) is 0 Å². The molecule has 0 aliphatic carbocycles. The number of carboxylic acid groups (broad SMARTS) is 1. The number of hydrogen-bond donors (Lipinski definition) is 1. The second-order valence-electron chi connectivity index (χ2n) is 2.59. The lowest BCUT2D eigenvalue weighted by Crippen LogP contribution is -1.94. The third kappa shape index (κ3) is 6.62. The molecule has 86 valence electrons. The van der Waals surface area contributed by atoms with Crippen LogP contribution in [-0.2, 0) is 9.53 Å². The zero-order chi connectivity index (χ0) is 12.6. The number of hydrogen-bond acceptors (Lipinski definition) is 3. The van der Waals surface area contributed by atoms with Crippen molar-refractivity contribution in [1.29, 1.82) is 0 Å². The predicted molar refractivity (Wildman–Crippen MR) is 60.4 cm³/mol. The van der Waals surface area contributed by atoms with E-state index in [1.165, 1.54) is 19.1 Å². The van der Waals surface area contributed by atoms with Crippen molar-refractivity contribution in [2.24, 2.45) is 0 Å². The van der Waals surface area contributed by atoms with E-state index < -0.39 is 5.97 Å². The van der Waals surface area contributed by atoms with Gasteiger partial charge in [-0.1, -0.05) is 24.2 Å². The number of aromatic carboxylic acids is 1. The number of esters is 1. The Hall–Kier alpha value is -1.81. The van der Waals surface area contributed by atoms with E-state index in [9.17, 15) is 9.59 Å². The highest BCUT2D eigenvalue weighted by Crippen LogP contribution is 2.09. The number of carbonyl (C=O) groups is 2. The number of benzene rings is 1. The summed E-state index contributed by atoms with van der Waals surface area (Å²) >= 11 is 5.53. The van der Waals surface area contributed by atoms with Crippen LogP contribution in [0.2, 0.25) is 5.02 Å². The highest BCUT2D eigenvalue weighted by atomic mass is 35.5. The molecule has 0 saturated carbocycles. The van der Waals surface area contributed by atoms with E-state index in [0.717, 1.165) is 6.26 Å². The van der Waals surface area contributed by atoms with Gasteiger partial charge in [0.15, 0.2) is 0 Å². The minimum absolute atomic E-state index is 0.215. The zero-order valence-electron chi connectivity index (χ0n) is 8.64. The molecular weight excluding hydrogens is 232 g/mol. The molecule has 0 bridgehead atoms. The second kappa shape index (κ2) is 7.48. The number of halogens is 1. The first-order chi connectivity index (χ1) is 7.47. The molecule has 0 saturated heterocycles. The van der Waals surface area contributed by atoms with E-state index in [1.54, 1.807) is 12.1 Å². The second-order valence-corrected chi connectivity index (χ2v) is 3.03. The first-order valence-corrected chi connectivity index (χ1v) is 4.62. The lowest BCUT2D eigenvalue weighted by Gasteiger charge is -1.92. The molecule has 0 aromatic heterocycles. The van der Waals surface area contributed by atoms with Crippen LogP contribution in [0.15, 0.2) is 37.1 Å². The summed E-state index contributed by atoms with van der Waals surface area (Å²) in [6, 6.07) is 6.14. The summed E-state index contributed by atoms with van der Waals surface area (Å²) < 4.78 is 4.17. The standard InChI is InChI=1S/C7H5ClO2.C4H6O2/c8-6-3-1-2-5(4-6)7(9)10;1-3-6-4(2)5/h1-4H,(H,9,10);3H,1H2,2H3. The molecule has 0 unspecified atom stereocenters. The van der Waals surface area contributed by atoms with Crippen molar-refractivity contribution in [2.75, 3.05) is 0 Å². The molecule has 1 aromatic rings. The van der Waals surface area contributed by atoms with Gasteiger partial charge in [0, 0.05) is 11.9 Å². The Bertz CT molecular complexity index is 387. The lowest BCUT2D eigenvalue weighted by molar-refractivity contribution is -0.135. The molecule has 1 rings (SSSR count). The summed E-state index contributed by atoms with van der Waals surface area (Å²) in [5.74, 6) is -1.28. The summed E-state index contributed by atoms with van der Waals surface area (Å²) in [6.45, 7) is 4.48. The molecule has 1 aromatic carbocycles. The molecule has 0 aliphatic rings. The number of ether oxygens (including phenoxy) is 1. The van der Waals surface area contributed by atoms with E-state index in [1.807, 2.05) is 0 Å². The van der Waals surface area contributed by atoms with E-state index >= 15 is 0 Å². The maximum absolute atomic E-state index is 10.3. The SMILES string of the molecule is C=COC(C)=O.O=C(O)c1cccc(Cl)c1. The van der Waals surface area contributed by atoms with Gasteiger partial charge in [0.05, 0.1) is 11.8 Å². The normalized spacial score (nSPS) is 8.38. The van der Waals surface area contributed by atoms with Crippen LogP contribution in [0.4, 0.5) is 0 Å². The Balaban J connectivity index is 0.000000325. The summed E-state index contributed by atoms with van der Waals surface area (Å²) in [4.78, 5) is 20.0. The molecule has 0 heterocycles. The highest BCUT2D eigenvalue weighted by Gasteiger charge is 2.00. The van der Waals surface area contributed by atoms with Gasteiger partial charge in [-0.15, -0.1) is 0 Å². The summed E-state index contributed by atoms with van der Waals surface area (Å²) in [7, 11) is 0. The average molecular weight is 243 g/mol. The fraction of sp³-hybridized carbons (Fsp3) is 0.0909. The third-order valence-corrected chi connectivity index (χ3v) is 1.56. The fourth-order valence-corrected chi connectivity index (χ4v) is 0.929. The smallest absolute Gasteiger partial charge is 0.335 e. The first-order valence-electron chi connectivity index (χ1n) is 4.24. The Morgan fingerprint density at radius 2 is 2.12 bits per heavy atom. The Kier molecular flexibility index (Phi) is 6.63. The van der Waals surface area contributed by atoms with Crippen LogP contribution in [0, 0.1) is 0 Å². The molecule has 5 heteroatoms. The average Bonchev–Trinajstić information content (AvgIpc) is 2.18. The molecule has 0 radical (unpaired) electrons. The highest BCUT2D eigenvalue weighted by molar-refractivity contribution is 6.30. The van der Waals surface area contributed by atoms with Crippen LogP contribution in [0.1, 0.15) is 17.3 Å². The number of carboxylic acids is 1. The fourth-order valence-electron chi connectivity index (χ4n) is 0.739. The van der Waals surface area contributed by atoms with Gasteiger partial charge >= 0.3 is 11.9 Å². The maximum Gasteiger partial charge on any atom is 0.335 e. The minimum atomic E-state index is -0.956. The van der Waals surface area contributed by atoms with Gasteiger partial charge in [-0.25, -0.2) is 4.79 Å². The van der Waals surface area contributed by atoms with Gasteiger partial charge in [0.1, 0.15) is 0 Å². The largest absolute Gasteiger partial charge is 0.478 e. The third-order valence-electron chi connectivity index (χ3n) is 1.32. The molecular formula is C11H11ClO4. The number of rotatable bonds is 2. The van der Waals surface area contributed by atoms with Gasteiger partial charge in [-0.05, 0) is 18.2 Å². The lowest BCUT2D eigenvalue weighted by atomic mass is 10.2. The van der Waals surface area contributed by atoms with Crippen molar-refractivity contribution < 1.29 is 19.4 Å². The maximum atomic E-state index is 10.3. The van der Waals surface area contributed by atoms with Gasteiger partial charge < -0.3 is 9.84 Å². The zero-order valence-corrected chi connectivity index (χ0v) is 9.40. The van der Waals surface area contributed by atoms with Gasteiger partial charge in [-0.3, -0.25) is 4.79 Å². The topological polar surface area (TPSA) is 63.6 Å². The van der Waals surface area contributed by atoms with E-state index in [4.69, 9.17) is 16.7 Å². The van der Waals surface area contributed by atoms with Crippen molar-refractivity contribution in [3.63, 3.8) is 0 Å². The van der Waals surface area contributed by atoms with Crippen molar-refractivity contribution in [3.8, 4) is 0 Å². The van der Waals surface area contributed by atoms with Crippen molar-refractivity contribution in [2.45, 2.75) is 6.92 Å². The van der Waals surface area contributed by atoms with Gasteiger partial charge in [0.25, 0.3) is 0 Å². The monoisotopic (exact) mass is 242 g/mol. The summed E-state index contributed by atoms with van der Waals surface area (Å²) in [5.41, 5.74) is 0.215. The first kappa shape index (κ1) is 14.2. The Labute approximate surface area is 98.1 Å². The summed E-state index contributed by atoms with van der Waals surface area (Å²) in [5, 5.41) is 8.89. The van der Waals surface area contributed by atoms with Crippen molar-refractivity contribution in [3.05, 3.63) is 47.7 Å². The quantitative estimate of drug-likeness (QED) is 0.640. The van der Waals surface area contributed by atoms with Crippen LogP contribution >= 0.6 is 11.6 Å². The molecule has 1 N–H and O–H groups in total. The van der Waals surface area contributed by atoms with Crippen LogP contribution in [-0.4, -0.2) is 17.0 Å². The molecule has 0 amide bonds. The molecule has 16 heavy (non-hydrogen) atoms. The van der Waals surface area contributed by atoms with E-state index in [2.05, 4.69) is 11.3 Å².